The van der Waals surface area contributed by atoms with Gasteiger partial charge in [-0.15, -0.1) is 0 Å². The maximum Gasteiger partial charge on any atom is 0.298 e. The normalized spacial score (nSPS) is 11.9. The van der Waals surface area contributed by atoms with Gasteiger partial charge in [0.2, 0.25) is 0 Å². The zero-order chi connectivity index (χ0) is 19.5. The molecule has 142 valence electrons. The summed E-state index contributed by atoms with van der Waals surface area (Å²) in [5.74, 6) is -0.310. The number of anilines is 2. The van der Waals surface area contributed by atoms with Crippen LogP contribution in [0.3, 0.4) is 0 Å². The number of nitrogens with two attached hydrogens (primary N) is 2. The molecule has 0 unspecified atom stereocenters. The van der Waals surface area contributed by atoms with Crippen LogP contribution in [0.15, 0.2) is 46.2 Å². The Kier molecular flexibility index (Phi) is 5.61. The van der Waals surface area contributed by atoms with Gasteiger partial charge < -0.3 is 20.9 Å². The van der Waals surface area contributed by atoms with Crippen LogP contribution in [-0.4, -0.2) is 39.2 Å². The maximum atomic E-state index is 11.3. The monoisotopic (exact) mass is 404 g/mol. The Morgan fingerprint density at radius 3 is 1.38 bits per heavy atom. The standard InChI is InChI=1S/C14H16N2O8S2/c15-9-1-3-11(13(7-9)25(17,18)19)23-5-6-24-12-4-2-10(16)8-14(12)26(20,21)22/h1-4,7-8H,5-6,15-16H2,(H,17,18,19)(H,20,21,22). The third-order valence-corrected chi connectivity index (χ3v) is 4.84. The molecule has 0 atom stereocenters. The van der Waals surface area contributed by atoms with Gasteiger partial charge in [0.25, 0.3) is 20.2 Å². The summed E-state index contributed by atoms with van der Waals surface area (Å²) in [6.45, 7) is -0.385. The third kappa shape index (κ3) is 4.98. The first-order valence-electron chi connectivity index (χ1n) is 6.98. The van der Waals surface area contributed by atoms with Crippen molar-refractivity contribution in [1.29, 1.82) is 0 Å². The van der Waals surface area contributed by atoms with E-state index < -0.39 is 30.0 Å². The van der Waals surface area contributed by atoms with E-state index in [1.165, 1.54) is 24.3 Å². The van der Waals surface area contributed by atoms with Gasteiger partial charge in [0.05, 0.1) is 0 Å². The molecule has 0 fully saturated rings. The van der Waals surface area contributed by atoms with Crippen molar-refractivity contribution in [3.8, 4) is 11.5 Å². The van der Waals surface area contributed by atoms with Crippen molar-refractivity contribution in [2.75, 3.05) is 24.7 Å². The molecule has 0 aromatic heterocycles. The van der Waals surface area contributed by atoms with Gasteiger partial charge in [-0.2, -0.15) is 16.8 Å². The Morgan fingerprint density at radius 2 is 1.08 bits per heavy atom. The largest absolute Gasteiger partial charge is 0.489 e. The molecule has 26 heavy (non-hydrogen) atoms. The second-order valence-electron chi connectivity index (χ2n) is 5.06. The van der Waals surface area contributed by atoms with Crippen molar-refractivity contribution in [2.24, 2.45) is 0 Å². The summed E-state index contributed by atoms with van der Waals surface area (Å²) in [5, 5.41) is 0. The number of benzene rings is 2. The molecule has 2 aromatic rings. The average Bonchev–Trinajstić information content (AvgIpc) is 2.52. The summed E-state index contributed by atoms with van der Waals surface area (Å²) >= 11 is 0. The molecule has 0 spiro atoms. The predicted molar refractivity (Wildman–Crippen MR) is 92.3 cm³/mol. The molecule has 0 aliphatic carbocycles. The van der Waals surface area contributed by atoms with Crippen LogP contribution in [0.1, 0.15) is 0 Å². The van der Waals surface area contributed by atoms with Crippen molar-refractivity contribution in [3.05, 3.63) is 36.4 Å². The minimum atomic E-state index is -4.55. The fourth-order valence-corrected chi connectivity index (χ4v) is 3.33. The smallest absolute Gasteiger partial charge is 0.298 e. The fraction of sp³-hybridized carbons (Fsp3) is 0.143. The van der Waals surface area contributed by atoms with E-state index in [-0.39, 0.29) is 36.1 Å². The lowest BCUT2D eigenvalue weighted by Gasteiger charge is -2.13. The lowest BCUT2D eigenvalue weighted by atomic mass is 10.3. The number of rotatable bonds is 7. The second-order valence-corrected chi connectivity index (χ2v) is 7.84. The summed E-state index contributed by atoms with van der Waals surface area (Å²) in [4.78, 5) is -1.02. The highest BCUT2D eigenvalue weighted by atomic mass is 32.2. The second kappa shape index (κ2) is 7.37. The topological polar surface area (TPSA) is 179 Å². The SMILES string of the molecule is Nc1ccc(OCCOc2ccc(N)cc2S(=O)(=O)O)c(S(=O)(=O)O)c1. The van der Waals surface area contributed by atoms with Crippen molar-refractivity contribution >= 4 is 31.6 Å². The number of nitrogen functional groups attached to an aromatic ring is 2. The van der Waals surface area contributed by atoms with Crippen LogP contribution in [-0.2, 0) is 20.2 Å². The highest BCUT2D eigenvalue weighted by molar-refractivity contribution is 7.86. The third-order valence-electron chi connectivity index (χ3n) is 3.09. The van der Waals surface area contributed by atoms with Crippen molar-refractivity contribution in [2.45, 2.75) is 9.79 Å². The molecule has 6 N–H and O–H groups in total. The van der Waals surface area contributed by atoms with E-state index >= 15 is 0 Å². The van der Waals surface area contributed by atoms with Crippen molar-refractivity contribution in [3.63, 3.8) is 0 Å². The van der Waals surface area contributed by atoms with Gasteiger partial charge in [0, 0.05) is 11.4 Å². The van der Waals surface area contributed by atoms with E-state index in [0.717, 1.165) is 12.1 Å². The zero-order valence-electron chi connectivity index (χ0n) is 13.2. The van der Waals surface area contributed by atoms with Gasteiger partial charge in [-0.3, -0.25) is 9.11 Å². The summed E-state index contributed by atoms with van der Waals surface area (Å²) in [7, 11) is -9.10. The molecule has 0 saturated heterocycles. The quantitative estimate of drug-likeness (QED) is 0.293. The van der Waals surface area contributed by atoms with Gasteiger partial charge in [-0.05, 0) is 36.4 Å². The summed E-state index contributed by atoms with van der Waals surface area (Å²) in [6, 6.07) is 7.32. The molecule has 0 heterocycles. The molecule has 0 aliphatic rings. The summed E-state index contributed by atoms with van der Waals surface area (Å²) in [6.07, 6.45) is 0. The number of hydrogen-bond donors (Lipinski definition) is 4. The minimum Gasteiger partial charge on any atom is -0.489 e. The van der Waals surface area contributed by atoms with E-state index in [1.54, 1.807) is 0 Å². The molecule has 0 aliphatic heterocycles. The Morgan fingerprint density at radius 1 is 0.731 bits per heavy atom. The van der Waals surface area contributed by atoms with Crippen LogP contribution in [0.5, 0.6) is 11.5 Å². The molecule has 0 radical (unpaired) electrons. The Balaban J connectivity index is 2.10. The molecule has 10 nitrogen and oxygen atoms in total. The Labute approximate surface area is 149 Å². The highest BCUT2D eigenvalue weighted by Gasteiger charge is 2.19. The van der Waals surface area contributed by atoms with E-state index in [0.29, 0.717) is 0 Å². The Hall–Kier alpha value is -2.54. The highest BCUT2D eigenvalue weighted by Crippen LogP contribution is 2.27. The van der Waals surface area contributed by atoms with Gasteiger partial charge in [0.1, 0.15) is 34.5 Å². The van der Waals surface area contributed by atoms with Crippen molar-refractivity contribution in [1.82, 2.24) is 0 Å². The fourth-order valence-electron chi connectivity index (χ4n) is 1.99. The first-order valence-corrected chi connectivity index (χ1v) is 9.86. The lowest BCUT2D eigenvalue weighted by Crippen LogP contribution is -2.13. The molecule has 0 bridgehead atoms. The van der Waals surface area contributed by atoms with Gasteiger partial charge in [-0.25, -0.2) is 0 Å². The van der Waals surface area contributed by atoms with Crippen LogP contribution in [0.2, 0.25) is 0 Å². The summed E-state index contributed by atoms with van der Waals surface area (Å²) in [5.41, 5.74) is 11.2. The van der Waals surface area contributed by atoms with Crippen molar-refractivity contribution < 1.29 is 35.4 Å². The van der Waals surface area contributed by atoms with Crippen LogP contribution in [0.25, 0.3) is 0 Å². The van der Waals surface area contributed by atoms with Crippen LogP contribution < -0.4 is 20.9 Å². The first kappa shape index (κ1) is 19.8. The van der Waals surface area contributed by atoms with Gasteiger partial charge in [0.15, 0.2) is 0 Å². The number of hydrogen-bond acceptors (Lipinski definition) is 8. The van der Waals surface area contributed by atoms with Gasteiger partial charge >= 0.3 is 0 Å². The lowest BCUT2D eigenvalue weighted by molar-refractivity contribution is 0.210. The Bertz CT molecular complexity index is 936. The maximum absolute atomic E-state index is 11.3. The molecule has 12 heteroatoms. The minimum absolute atomic E-state index is 0.112. The van der Waals surface area contributed by atoms with E-state index in [4.69, 9.17) is 20.9 Å². The number of ether oxygens (including phenoxy) is 2. The summed E-state index contributed by atoms with van der Waals surface area (Å²) < 4.78 is 74.1. The zero-order valence-corrected chi connectivity index (χ0v) is 14.8. The van der Waals surface area contributed by atoms with E-state index in [2.05, 4.69) is 0 Å². The first-order chi connectivity index (χ1) is 12.0. The van der Waals surface area contributed by atoms with Gasteiger partial charge in [-0.1, -0.05) is 0 Å². The molecule has 2 aromatic carbocycles. The van der Waals surface area contributed by atoms with E-state index in [1.807, 2.05) is 0 Å². The molecule has 2 rings (SSSR count). The van der Waals surface area contributed by atoms with Crippen LogP contribution in [0.4, 0.5) is 11.4 Å². The molecule has 0 saturated carbocycles. The molecular formula is C14H16N2O8S2. The van der Waals surface area contributed by atoms with Crippen LogP contribution in [0, 0.1) is 0 Å². The van der Waals surface area contributed by atoms with Crippen LogP contribution >= 0.6 is 0 Å². The molecular weight excluding hydrogens is 388 g/mol. The predicted octanol–water partition coefficient (Wildman–Crippen LogP) is 0.802. The average molecular weight is 404 g/mol. The molecule has 0 amide bonds. The van der Waals surface area contributed by atoms with E-state index in [9.17, 15) is 25.9 Å².